The molecule has 0 radical (unpaired) electrons. The number of hydrogen-bond donors (Lipinski definition) is 1. The van der Waals surface area contributed by atoms with E-state index < -0.39 is 0 Å². The molecule has 0 aliphatic heterocycles. The van der Waals surface area contributed by atoms with Crippen molar-refractivity contribution in [1.29, 1.82) is 0 Å². The molecule has 0 saturated carbocycles. The minimum absolute atomic E-state index is 0.0530. The van der Waals surface area contributed by atoms with Gasteiger partial charge in [-0.3, -0.25) is 4.79 Å². The van der Waals surface area contributed by atoms with Crippen LogP contribution in [-0.2, 0) is 13.0 Å². The number of carbonyl (C=O) groups is 1. The minimum Gasteiger partial charge on any atom is -0.352 e. The smallest absolute Gasteiger partial charge is 0.251 e. The van der Waals surface area contributed by atoms with Crippen molar-refractivity contribution >= 4 is 28.5 Å². The normalized spacial score (nSPS) is 12.1. The molecule has 0 aliphatic rings. The number of amides is 1. The highest BCUT2D eigenvalue weighted by atomic mass is 35.5. The average Bonchev–Trinajstić information content (AvgIpc) is 3.23. The first-order chi connectivity index (χ1) is 17.0. The number of rotatable bonds is 11. The number of nitrogens with zero attached hydrogens (tertiary/aromatic N) is 2. The molecule has 1 heterocycles. The lowest BCUT2D eigenvalue weighted by atomic mass is 9.97. The summed E-state index contributed by atoms with van der Waals surface area (Å²) in [6.45, 7) is 6.00. The van der Waals surface area contributed by atoms with Gasteiger partial charge in [0.05, 0.1) is 11.0 Å². The van der Waals surface area contributed by atoms with Crippen LogP contribution in [0, 0.1) is 0 Å². The number of aromatic nitrogens is 2. The van der Waals surface area contributed by atoms with Crippen LogP contribution in [0.15, 0.2) is 72.8 Å². The van der Waals surface area contributed by atoms with Gasteiger partial charge in [-0.15, -0.1) is 0 Å². The fourth-order valence-electron chi connectivity index (χ4n) is 4.35. The molecule has 1 unspecified atom stereocenters. The second-order valence-corrected chi connectivity index (χ2v) is 9.66. The molecule has 4 nitrogen and oxygen atoms in total. The Hall–Kier alpha value is -3.11. The van der Waals surface area contributed by atoms with Crippen LogP contribution in [0.1, 0.15) is 72.8 Å². The Bertz CT molecular complexity index is 1250. The van der Waals surface area contributed by atoms with Crippen molar-refractivity contribution in [1.82, 2.24) is 14.9 Å². The summed E-state index contributed by atoms with van der Waals surface area (Å²) in [6, 6.07) is 24.4. The number of hydrogen-bond acceptors (Lipinski definition) is 2. The van der Waals surface area contributed by atoms with Crippen LogP contribution in [0.5, 0.6) is 0 Å². The molecule has 3 aromatic carbocycles. The molecule has 4 rings (SSSR count). The zero-order valence-electron chi connectivity index (χ0n) is 20.6. The maximum absolute atomic E-state index is 12.2. The molecule has 0 spiro atoms. The summed E-state index contributed by atoms with van der Waals surface area (Å²) in [7, 11) is 0. The van der Waals surface area contributed by atoms with Crippen molar-refractivity contribution in [3.8, 4) is 0 Å². The molecule has 1 amide bonds. The largest absolute Gasteiger partial charge is 0.352 e. The van der Waals surface area contributed by atoms with Crippen molar-refractivity contribution in [2.75, 3.05) is 6.54 Å². The molecule has 1 N–H and O–H groups in total. The lowest BCUT2D eigenvalue weighted by Gasteiger charge is -2.12. The van der Waals surface area contributed by atoms with Gasteiger partial charge < -0.3 is 9.88 Å². The molecule has 35 heavy (non-hydrogen) atoms. The third kappa shape index (κ3) is 6.52. The van der Waals surface area contributed by atoms with Gasteiger partial charge >= 0.3 is 0 Å². The maximum atomic E-state index is 12.2. The van der Waals surface area contributed by atoms with E-state index in [0.29, 0.717) is 23.0 Å². The molecule has 0 aliphatic carbocycles. The molecule has 0 fully saturated rings. The van der Waals surface area contributed by atoms with Gasteiger partial charge in [-0.05, 0) is 72.7 Å². The Kier molecular flexibility index (Phi) is 8.59. The number of aryl methyl sites for hydroxylation is 1. The SMILES string of the molecule is CCC(C)c1ccc(Cn2c(CCCCCNC(=O)c3ccc(Cl)cc3)nc3ccccc32)cc1. The fraction of sp³-hybridized carbons (Fsp3) is 0.333. The van der Waals surface area contributed by atoms with E-state index in [2.05, 4.69) is 66.2 Å². The molecular weight excluding hydrogens is 454 g/mol. The third-order valence-corrected chi connectivity index (χ3v) is 6.96. The predicted octanol–water partition coefficient (Wildman–Crippen LogP) is 7.39. The summed E-state index contributed by atoms with van der Waals surface area (Å²) < 4.78 is 2.36. The molecule has 0 bridgehead atoms. The van der Waals surface area contributed by atoms with Gasteiger partial charge in [-0.25, -0.2) is 4.98 Å². The van der Waals surface area contributed by atoms with E-state index in [1.807, 2.05) is 6.07 Å². The molecule has 1 aromatic heterocycles. The van der Waals surface area contributed by atoms with Crippen LogP contribution < -0.4 is 5.32 Å². The van der Waals surface area contributed by atoms with Gasteiger partial charge in [0.2, 0.25) is 0 Å². The summed E-state index contributed by atoms with van der Waals surface area (Å²) in [4.78, 5) is 17.2. The van der Waals surface area contributed by atoms with Crippen molar-refractivity contribution in [2.24, 2.45) is 0 Å². The van der Waals surface area contributed by atoms with Crippen molar-refractivity contribution in [3.05, 3.63) is 100 Å². The Morgan fingerprint density at radius 1 is 0.971 bits per heavy atom. The fourth-order valence-corrected chi connectivity index (χ4v) is 4.48. The molecule has 182 valence electrons. The summed E-state index contributed by atoms with van der Waals surface area (Å²) in [5.41, 5.74) is 5.57. The first-order valence-electron chi connectivity index (χ1n) is 12.6. The highest BCUT2D eigenvalue weighted by molar-refractivity contribution is 6.30. The second-order valence-electron chi connectivity index (χ2n) is 9.23. The number of halogens is 1. The number of carbonyl (C=O) groups excluding carboxylic acids is 1. The molecular formula is C30H34ClN3O. The second kappa shape index (κ2) is 12.0. The standard InChI is InChI=1S/C30H34ClN3O/c1-3-22(2)24-14-12-23(13-15-24)21-34-28-10-7-6-9-27(28)33-29(34)11-5-4-8-20-32-30(35)25-16-18-26(31)19-17-25/h6-7,9-10,12-19,22H,3-5,8,11,20-21H2,1-2H3,(H,32,35). The summed E-state index contributed by atoms with van der Waals surface area (Å²) >= 11 is 5.90. The van der Waals surface area contributed by atoms with Crippen LogP contribution in [0.4, 0.5) is 0 Å². The Balaban J connectivity index is 1.33. The number of benzene rings is 3. The minimum atomic E-state index is -0.0530. The Morgan fingerprint density at radius 2 is 1.71 bits per heavy atom. The van der Waals surface area contributed by atoms with Crippen LogP contribution in [-0.4, -0.2) is 22.0 Å². The summed E-state index contributed by atoms with van der Waals surface area (Å²) in [5, 5.41) is 3.63. The number of unbranched alkanes of at least 4 members (excludes halogenated alkanes) is 2. The van der Waals surface area contributed by atoms with E-state index in [9.17, 15) is 4.79 Å². The zero-order chi connectivity index (χ0) is 24.6. The number of fused-ring (bicyclic) bond motifs is 1. The Morgan fingerprint density at radius 3 is 2.46 bits per heavy atom. The quantitative estimate of drug-likeness (QED) is 0.224. The van der Waals surface area contributed by atoms with E-state index in [1.54, 1.807) is 24.3 Å². The maximum Gasteiger partial charge on any atom is 0.251 e. The van der Waals surface area contributed by atoms with Gasteiger partial charge in [-0.1, -0.05) is 68.3 Å². The van der Waals surface area contributed by atoms with E-state index in [1.165, 1.54) is 16.6 Å². The summed E-state index contributed by atoms with van der Waals surface area (Å²) in [6.07, 6.45) is 5.09. The molecule has 4 aromatic rings. The number of nitrogens with one attached hydrogen (secondary N) is 1. The molecule has 1 atom stereocenters. The first-order valence-corrected chi connectivity index (χ1v) is 13.0. The number of imidazole rings is 1. The van der Waals surface area contributed by atoms with Crippen LogP contribution in [0.3, 0.4) is 0 Å². The zero-order valence-corrected chi connectivity index (χ0v) is 21.4. The Labute approximate surface area is 213 Å². The van der Waals surface area contributed by atoms with Crippen molar-refractivity contribution in [2.45, 2.75) is 58.4 Å². The summed E-state index contributed by atoms with van der Waals surface area (Å²) in [5.74, 6) is 1.66. The monoisotopic (exact) mass is 487 g/mol. The van der Waals surface area contributed by atoms with Gasteiger partial charge in [0, 0.05) is 30.1 Å². The van der Waals surface area contributed by atoms with Crippen LogP contribution in [0.2, 0.25) is 5.02 Å². The number of para-hydroxylation sites is 2. The average molecular weight is 488 g/mol. The first kappa shape index (κ1) is 25.0. The lowest BCUT2D eigenvalue weighted by Crippen LogP contribution is -2.24. The molecule has 0 saturated heterocycles. The van der Waals surface area contributed by atoms with E-state index in [4.69, 9.17) is 16.6 Å². The van der Waals surface area contributed by atoms with Crippen LogP contribution in [0.25, 0.3) is 11.0 Å². The van der Waals surface area contributed by atoms with Gasteiger partial charge in [0.25, 0.3) is 5.91 Å². The lowest BCUT2D eigenvalue weighted by molar-refractivity contribution is 0.0953. The molecule has 5 heteroatoms. The van der Waals surface area contributed by atoms with Gasteiger partial charge in [0.15, 0.2) is 0 Å². The van der Waals surface area contributed by atoms with Crippen LogP contribution >= 0.6 is 11.6 Å². The predicted molar refractivity (Wildman–Crippen MR) is 145 cm³/mol. The van der Waals surface area contributed by atoms with E-state index in [-0.39, 0.29) is 5.91 Å². The van der Waals surface area contributed by atoms with Gasteiger partial charge in [-0.2, -0.15) is 0 Å². The van der Waals surface area contributed by atoms with E-state index >= 15 is 0 Å². The van der Waals surface area contributed by atoms with Crippen molar-refractivity contribution in [3.63, 3.8) is 0 Å². The third-order valence-electron chi connectivity index (χ3n) is 6.70. The highest BCUT2D eigenvalue weighted by Crippen LogP contribution is 2.22. The topological polar surface area (TPSA) is 46.9 Å². The van der Waals surface area contributed by atoms with Gasteiger partial charge in [0.1, 0.15) is 5.82 Å². The van der Waals surface area contributed by atoms with E-state index in [0.717, 1.165) is 50.0 Å². The highest BCUT2D eigenvalue weighted by Gasteiger charge is 2.12. The van der Waals surface area contributed by atoms with Crippen molar-refractivity contribution < 1.29 is 4.79 Å².